The van der Waals surface area contributed by atoms with Gasteiger partial charge in [-0.05, 0) is 37.1 Å². The predicted octanol–water partition coefficient (Wildman–Crippen LogP) is 2.24. The molecule has 0 amide bonds. The first-order valence-corrected chi connectivity index (χ1v) is 7.52. The minimum absolute atomic E-state index is 0.0910. The van der Waals surface area contributed by atoms with Crippen molar-refractivity contribution in [3.8, 4) is 0 Å². The third-order valence-electron chi connectivity index (χ3n) is 3.60. The third-order valence-corrected chi connectivity index (χ3v) is 3.60. The zero-order valence-electron chi connectivity index (χ0n) is 13.5. The van der Waals surface area contributed by atoms with Crippen LogP contribution in [0.2, 0.25) is 0 Å². The van der Waals surface area contributed by atoms with Crippen LogP contribution >= 0.6 is 0 Å². The molecule has 0 aliphatic heterocycles. The lowest BCUT2D eigenvalue weighted by Crippen LogP contribution is -2.30. The number of esters is 2. The molecule has 1 aromatic heterocycles. The van der Waals surface area contributed by atoms with Crippen molar-refractivity contribution in [3.05, 3.63) is 52.3 Å². The first-order valence-electron chi connectivity index (χ1n) is 7.52. The van der Waals surface area contributed by atoms with Crippen LogP contribution in [0.3, 0.4) is 0 Å². The van der Waals surface area contributed by atoms with Crippen LogP contribution in [0.4, 0.5) is 13.2 Å². The summed E-state index contributed by atoms with van der Waals surface area (Å²) in [5.41, 5.74) is 5.08. The Hall–Kier alpha value is -2.94. The maximum absolute atomic E-state index is 12.5. The molecule has 9 heteroatoms. The molecule has 0 saturated heterocycles. The summed E-state index contributed by atoms with van der Waals surface area (Å²) < 4.78 is 41.8. The summed E-state index contributed by atoms with van der Waals surface area (Å²) >= 11 is 0. The van der Waals surface area contributed by atoms with Gasteiger partial charge in [0.05, 0.1) is 5.52 Å². The maximum Gasteiger partial charge on any atom is 0.491 e. The number of ether oxygens (including phenoxy) is 1. The molecule has 138 valence electrons. The summed E-state index contributed by atoms with van der Waals surface area (Å²) in [6.07, 6.45) is -1.85. The van der Waals surface area contributed by atoms with Crippen LogP contribution in [-0.2, 0) is 16.0 Å². The second kappa shape index (κ2) is 7.52. The maximum atomic E-state index is 12.5. The lowest BCUT2D eigenvalue weighted by atomic mass is 10.0. The Morgan fingerprint density at radius 2 is 2.00 bits per heavy atom. The number of aromatic nitrogens is 1. The highest BCUT2D eigenvalue weighted by Gasteiger charge is 2.43. The molecule has 6 nitrogen and oxygen atoms in total. The summed E-state index contributed by atoms with van der Waals surface area (Å²) in [7, 11) is 0. The van der Waals surface area contributed by atoms with Gasteiger partial charge in [-0.25, -0.2) is 9.59 Å². The van der Waals surface area contributed by atoms with Gasteiger partial charge in [0.15, 0.2) is 0 Å². The highest BCUT2D eigenvalue weighted by Crippen LogP contribution is 2.19. The number of pyridine rings is 1. The molecule has 1 aromatic carbocycles. The Labute approximate surface area is 145 Å². The predicted molar refractivity (Wildman–Crippen MR) is 88.4 cm³/mol. The number of benzene rings is 1. The number of carbonyl (C=O) groups is 2. The van der Waals surface area contributed by atoms with E-state index in [-0.39, 0.29) is 5.39 Å². The van der Waals surface area contributed by atoms with Crippen LogP contribution in [-0.4, -0.2) is 29.2 Å². The van der Waals surface area contributed by atoms with Gasteiger partial charge in [-0.2, -0.15) is 13.2 Å². The number of nitrogens with two attached hydrogens (primary N) is 1. The molecule has 0 radical (unpaired) electrons. The molecule has 2 N–H and O–H groups in total. The van der Waals surface area contributed by atoms with E-state index in [1.165, 1.54) is 16.8 Å². The normalized spacial score (nSPS) is 11.4. The molecular weight excluding hydrogens is 353 g/mol. The molecule has 0 unspecified atom stereocenters. The van der Waals surface area contributed by atoms with E-state index < -0.39 is 29.1 Å². The second-order valence-electron chi connectivity index (χ2n) is 5.38. The average Bonchev–Trinajstić information content (AvgIpc) is 2.59. The van der Waals surface area contributed by atoms with Crippen molar-refractivity contribution in [2.24, 2.45) is 5.73 Å². The van der Waals surface area contributed by atoms with Gasteiger partial charge in [0.25, 0.3) is 0 Å². The highest BCUT2D eigenvalue weighted by atomic mass is 19.4. The van der Waals surface area contributed by atoms with E-state index in [4.69, 9.17) is 5.73 Å². The fourth-order valence-corrected chi connectivity index (χ4v) is 2.36. The Kier molecular flexibility index (Phi) is 5.61. The average molecular weight is 368 g/mol. The monoisotopic (exact) mass is 368 g/mol. The van der Waals surface area contributed by atoms with E-state index in [9.17, 15) is 27.6 Å². The first kappa shape index (κ1) is 19.4. The number of fused-ring (bicyclic) bond motifs is 1. The van der Waals surface area contributed by atoms with E-state index in [0.717, 1.165) is 11.8 Å². The van der Waals surface area contributed by atoms with Crippen molar-refractivity contribution in [1.29, 1.82) is 0 Å². The standard InChI is InChI=1S/C17H15F3N2O4/c1-2-22-9-12(15(24)26-16(25)17(18,19)20)14(23)11-8-10(4-3-7-21)5-6-13(11)22/h2,5-6,8-9H,1,3-4,7,21H2. The molecule has 0 bridgehead atoms. The largest absolute Gasteiger partial charge is 0.491 e. The van der Waals surface area contributed by atoms with E-state index >= 15 is 0 Å². The van der Waals surface area contributed by atoms with Gasteiger partial charge in [-0.3, -0.25) is 4.79 Å². The fourth-order valence-electron chi connectivity index (χ4n) is 2.36. The molecule has 0 saturated carbocycles. The van der Waals surface area contributed by atoms with Gasteiger partial charge in [-0.15, -0.1) is 0 Å². The number of halogens is 3. The van der Waals surface area contributed by atoms with Crippen LogP contribution in [0.15, 0.2) is 35.8 Å². The smallest absolute Gasteiger partial charge is 0.382 e. The highest BCUT2D eigenvalue weighted by molar-refractivity contribution is 6.00. The quantitative estimate of drug-likeness (QED) is 0.646. The summed E-state index contributed by atoms with van der Waals surface area (Å²) in [4.78, 5) is 35.3. The fraction of sp³-hybridized carbons (Fsp3) is 0.235. The molecular formula is C17H15F3N2O4. The number of nitrogens with zero attached hydrogens (tertiary/aromatic N) is 1. The third kappa shape index (κ3) is 3.99. The van der Waals surface area contributed by atoms with Crippen LogP contribution in [0, 0.1) is 0 Å². The number of alkyl halides is 3. The molecule has 0 spiro atoms. The second-order valence-corrected chi connectivity index (χ2v) is 5.38. The summed E-state index contributed by atoms with van der Waals surface area (Å²) in [6, 6.07) is 4.92. The molecule has 0 fully saturated rings. The van der Waals surface area contributed by atoms with Crippen molar-refractivity contribution in [2.45, 2.75) is 19.0 Å². The molecule has 0 aliphatic rings. The summed E-state index contributed by atoms with van der Waals surface area (Å²) in [6.45, 7) is 3.97. The number of hydrogen-bond acceptors (Lipinski definition) is 5. The van der Waals surface area contributed by atoms with Gasteiger partial charge < -0.3 is 15.0 Å². The Bertz CT molecular complexity index is 932. The molecule has 2 rings (SSSR count). The Morgan fingerprint density at radius 3 is 2.58 bits per heavy atom. The zero-order valence-corrected chi connectivity index (χ0v) is 13.5. The number of hydrogen-bond donors (Lipinski definition) is 1. The minimum Gasteiger partial charge on any atom is -0.382 e. The number of carbonyl (C=O) groups excluding carboxylic acids is 2. The van der Waals surface area contributed by atoms with Crippen molar-refractivity contribution in [3.63, 3.8) is 0 Å². The number of rotatable bonds is 5. The van der Waals surface area contributed by atoms with Crippen molar-refractivity contribution in [2.75, 3.05) is 6.54 Å². The Morgan fingerprint density at radius 1 is 1.31 bits per heavy atom. The molecule has 2 aromatic rings. The minimum atomic E-state index is -5.35. The van der Waals surface area contributed by atoms with Gasteiger partial charge in [0, 0.05) is 17.8 Å². The van der Waals surface area contributed by atoms with Gasteiger partial charge in [0.2, 0.25) is 5.43 Å². The van der Waals surface area contributed by atoms with Gasteiger partial charge in [-0.1, -0.05) is 12.6 Å². The van der Waals surface area contributed by atoms with E-state index in [1.54, 1.807) is 12.1 Å². The first-order chi connectivity index (χ1) is 12.2. The van der Waals surface area contributed by atoms with Crippen molar-refractivity contribution in [1.82, 2.24) is 4.57 Å². The summed E-state index contributed by atoms with van der Waals surface area (Å²) in [5, 5.41) is 0.0910. The lowest BCUT2D eigenvalue weighted by molar-refractivity contribution is -0.193. The lowest BCUT2D eigenvalue weighted by Gasteiger charge is -2.11. The zero-order chi connectivity index (χ0) is 19.5. The molecule has 0 aliphatic carbocycles. The molecule has 0 atom stereocenters. The van der Waals surface area contributed by atoms with Gasteiger partial charge in [0.1, 0.15) is 5.56 Å². The van der Waals surface area contributed by atoms with E-state index in [1.807, 2.05) is 0 Å². The van der Waals surface area contributed by atoms with Crippen LogP contribution in [0.1, 0.15) is 22.3 Å². The van der Waals surface area contributed by atoms with Crippen LogP contribution in [0.25, 0.3) is 17.1 Å². The molecule has 26 heavy (non-hydrogen) atoms. The van der Waals surface area contributed by atoms with Crippen molar-refractivity contribution < 1.29 is 27.5 Å². The van der Waals surface area contributed by atoms with Crippen molar-refractivity contribution >= 4 is 29.0 Å². The van der Waals surface area contributed by atoms with E-state index in [0.29, 0.717) is 24.9 Å². The molecule has 1 heterocycles. The summed E-state index contributed by atoms with van der Waals surface area (Å²) in [5.74, 6) is -4.37. The van der Waals surface area contributed by atoms with Crippen LogP contribution < -0.4 is 11.2 Å². The van der Waals surface area contributed by atoms with Crippen LogP contribution in [0.5, 0.6) is 0 Å². The SMILES string of the molecule is C=Cn1cc(C(=O)OC(=O)C(F)(F)F)c(=O)c2cc(CCCN)ccc21. The Balaban J connectivity index is 2.54. The van der Waals surface area contributed by atoms with Gasteiger partial charge >= 0.3 is 18.1 Å². The van der Waals surface area contributed by atoms with E-state index in [2.05, 4.69) is 11.3 Å². The topological polar surface area (TPSA) is 91.4 Å². The number of aryl methyl sites for hydroxylation is 1.